The van der Waals surface area contributed by atoms with Gasteiger partial charge in [0, 0.05) is 0 Å². The Labute approximate surface area is 151 Å². The van der Waals surface area contributed by atoms with E-state index in [-0.39, 0.29) is 29.0 Å². The minimum absolute atomic E-state index is 0.0195. The Balaban J connectivity index is 2.30. The maximum Gasteiger partial charge on any atom is 0.347 e. The van der Waals surface area contributed by atoms with E-state index in [1.807, 2.05) is 0 Å². The minimum atomic E-state index is -1.06. The normalized spacial score (nSPS) is 10.8. The summed E-state index contributed by atoms with van der Waals surface area (Å²) in [6, 6.07) is 4.76. The predicted octanol–water partition coefficient (Wildman–Crippen LogP) is 2.76. The summed E-state index contributed by atoms with van der Waals surface area (Å²) in [4.78, 5) is 30.2. The number of nitrogens with zero attached hydrogens (tertiary/aromatic N) is 1. The average molecular weight is 376 g/mol. The van der Waals surface area contributed by atoms with Crippen LogP contribution in [0.4, 0.5) is 8.78 Å². The first-order valence-electron chi connectivity index (χ1n) is 7.84. The lowest BCUT2D eigenvalue weighted by Gasteiger charge is -2.12. The fourth-order valence-corrected chi connectivity index (χ4v) is 2.65. The van der Waals surface area contributed by atoms with Crippen LogP contribution in [0.15, 0.2) is 29.1 Å². The van der Waals surface area contributed by atoms with E-state index in [1.165, 1.54) is 26.2 Å². The van der Waals surface area contributed by atoms with Gasteiger partial charge in [-0.2, -0.15) is 0 Å². The molecule has 0 radical (unpaired) electrons. The summed E-state index contributed by atoms with van der Waals surface area (Å²) < 4.78 is 38.7. The molecule has 140 valence electrons. The van der Waals surface area contributed by atoms with Crippen LogP contribution in [-0.4, -0.2) is 34.8 Å². The molecule has 2 heterocycles. The van der Waals surface area contributed by atoms with Crippen molar-refractivity contribution in [2.24, 2.45) is 0 Å². The lowest BCUT2D eigenvalue weighted by atomic mass is 10.1. The molecular weight excluding hydrogens is 362 g/mol. The third kappa shape index (κ3) is 3.07. The van der Waals surface area contributed by atoms with Crippen molar-refractivity contribution in [2.75, 3.05) is 13.7 Å². The summed E-state index contributed by atoms with van der Waals surface area (Å²) in [6.07, 6.45) is 0. The number of carbonyl (C=O) groups is 1. The first-order chi connectivity index (χ1) is 12.9. The molecule has 0 aliphatic rings. The van der Waals surface area contributed by atoms with Crippen molar-refractivity contribution < 1.29 is 28.2 Å². The minimum Gasteiger partial charge on any atom is -0.506 e. The highest BCUT2D eigenvalue weighted by molar-refractivity contribution is 5.99. The van der Waals surface area contributed by atoms with Gasteiger partial charge in [0.2, 0.25) is 0 Å². The van der Waals surface area contributed by atoms with Crippen LogP contribution >= 0.6 is 0 Å². The number of ether oxygens (including phenoxy) is 2. The fraction of sp³-hybridized carbons (Fsp3) is 0.167. The lowest BCUT2D eigenvalue weighted by Crippen LogP contribution is -2.20. The van der Waals surface area contributed by atoms with Crippen LogP contribution in [0.3, 0.4) is 0 Å². The van der Waals surface area contributed by atoms with Gasteiger partial charge in [-0.3, -0.25) is 4.79 Å². The van der Waals surface area contributed by atoms with Crippen LogP contribution < -0.4 is 10.3 Å². The molecule has 3 rings (SSSR count). The molecule has 1 aromatic carbocycles. The number of pyridine rings is 2. The number of aromatic hydroxyl groups is 1. The maximum atomic E-state index is 14.7. The van der Waals surface area contributed by atoms with Crippen LogP contribution in [0.2, 0.25) is 0 Å². The first kappa shape index (κ1) is 18.3. The zero-order valence-corrected chi connectivity index (χ0v) is 14.3. The smallest absolute Gasteiger partial charge is 0.347 e. The molecule has 27 heavy (non-hydrogen) atoms. The number of esters is 1. The van der Waals surface area contributed by atoms with Crippen molar-refractivity contribution in [1.29, 1.82) is 0 Å². The molecule has 0 bridgehead atoms. The van der Waals surface area contributed by atoms with Gasteiger partial charge in [-0.1, -0.05) is 6.07 Å². The Bertz CT molecular complexity index is 1110. The van der Waals surface area contributed by atoms with Crippen LogP contribution in [0, 0.1) is 11.6 Å². The van der Waals surface area contributed by atoms with E-state index in [0.717, 1.165) is 12.1 Å². The summed E-state index contributed by atoms with van der Waals surface area (Å²) >= 11 is 0. The molecule has 0 spiro atoms. The van der Waals surface area contributed by atoms with Gasteiger partial charge >= 0.3 is 5.97 Å². The van der Waals surface area contributed by atoms with Gasteiger partial charge in [-0.15, -0.1) is 0 Å². The van der Waals surface area contributed by atoms with E-state index < -0.39 is 40.2 Å². The molecule has 7 nitrogen and oxygen atoms in total. The molecule has 0 saturated carbocycles. The van der Waals surface area contributed by atoms with Gasteiger partial charge in [0.15, 0.2) is 11.4 Å². The van der Waals surface area contributed by atoms with Crippen molar-refractivity contribution >= 4 is 17.0 Å². The second-order valence-electron chi connectivity index (χ2n) is 5.43. The summed E-state index contributed by atoms with van der Waals surface area (Å²) in [7, 11) is 1.29. The number of hydrogen-bond donors (Lipinski definition) is 2. The van der Waals surface area contributed by atoms with Crippen molar-refractivity contribution in [2.45, 2.75) is 6.92 Å². The zero-order valence-electron chi connectivity index (χ0n) is 14.3. The maximum absolute atomic E-state index is 14.7. The van der Waals surface area contributed by atoms with E-state index in [2.05, 4.69) is 9.97 Å². The van der Waals surface area contributed by atoms with Crippen molar-refractivity contribution in [3.05, 3.63) is 51.8 Å². The molecule has 0 unspecified atom stereocenters. The quantitative estimate of drug-likeness (QED) is 0.679. The molecule has 0 amide bonds. The van der Waals surface area contributed by atoms with Gasteiger partial charge in [0.25, 0.3) is 5.56 Å². The van der Waals surface area contributed by atoms with Crippen molar-refractivity contribution in [3.8, 4) is 22.8 Å². The van der Waals surface area contributed by atoms with Gasteiger partial charge in [0.1, 0.15) is 28.7 Å². The molecule has 3 aromatic rings. The second-order valence-corrected chi connectivity index (χ2v) is 5.43. The molecule has 9 heteroatoms. The average Bonchev–Trinajstić information content (AvgIpc) is 2.62. The van der Waals surface area contributed by atoms with Crippen LogP contribution in [0.1, 0.15) is 17.3 Å². The number of fused-ring (bicyclic) bond motifs is 1. The third-order valence-electron chi connectivity index (χ3n) is 3.84. The number of hydrogen-bond acceptors (Lipinski definition) is 6. The number of rotatable bonds is 4. The highest BCUT2D eigenvalue weighted by atomic mass is 19.1. The summed E-state index contributed by atoms with van der Waals surface area (Å²) in [5.41, 5.74) is -2.52. The molecule has 0 aliphatic heterocycles. The van der Waals surface area contributed by atoms with Crippen molar-refractivity contribution in [3.63, 3.8) is 0 Å². The topological polar surface area (TPSA) is 102 Å². The van der Waals surface area contributed by atoms with E-state index in [9.17, 15) is 23.5 Å². The fourth-order valence-electron chi connectivity index (χ4n) is 2.65. The highest BCUT2D eigenvalue weighted by Gasteiger charge is 2.24. The first-order valence-corrected chi connectivity index (χ1v) is 7.84. The predicted molar refractivity (Wildman–Crippen MR) is 91.9 cm³/mol. The van der Waals surface area contributed by atoms with Gasteiger partial charge in [-0.05, 0) is 25.1 Å². The van der Waals surface area contributed by atoms with E-state index >= 15 is 0 Å². The number of H-pyrrole nitrogens is 1. The Kier molecular flexibility index (Phi) is 4.76. The van der Waals surface area contributed by atoms with E-state index in [4.69, 9.17) is 9.47 Å². The second kappa shape index (κ2) is 7.02. The monoisotopic (exact) mass is 376 g/mol. The molecule has 2 aromatic heterocycles. The summed E-state index contributed by atoms with van der Waals surface area (Å²) in [5, 5.41) is 10.0. The van der Waals surface area contributed by atoms with Gasteiger partial charge < -0.3 is 19.6 Å². The Morgan fingerprint density at radius 2 is 2.04 bits per heavy atom. The molecular formula is C18H14F2N2O5. The summed E-state index contributed by atoms with van der Waals surface area (Å²) in [5.74, 6) is -3.56. The molecule has 0 atom stereocenters. The molecule has 0 saturated heterocycles. The SMILES string of the molecule is CCOC(=O)c1c(O)c2cc(F)c(-c3c(F)cccc3OC)nc2[nH]c1=O. The van der Waals surface area contributed by atoms with Crippen LogP contribution in [0.25, 0.3) is 22.3 Å². The lowest BCUT2D eigenvalue weighted by molar-refractivity contribution is 0.0521. The Morgan fingerprint density at radius 3 is 2.70 bits per heavy atom. The van der Waals surface area contributed by atoms with Crippen LogP contribution in [0.5, 0.6) is 11.5 Å². The van der Waals surface area contributed by atoms with Gasteiger partial charge in [0.05, 0.1) is 24.7 Å². The number of benzene rings is 1. The van der Waals surface area contributed by atoms with Crippen molar-refractivity contribution in [1.82, 2.24) is 9.97 Å². The summed E-state index contributed by atoms with van der Waals surface area (Å²) in [6.45, 7) is 1.51. The number of methoxy groups -OCH3 is 1. The Morgan fingerprint density at radius 1 is 1.30 bits per heavy atom. The van der Waals surface area contributed by atoms with Gasteiger partial charge in [-0.25, -0.2) is 18.6 Å². The molecule has 0 fully saturated rings. The number of aromatic amines is 1. The van der Waals surface area contributed by atoms with Crippen LogP contribution in [-0.2, 0) is 4.74 Å². The Hall–Kier alpha value is -3.49. The number of carbonyl (C=O) groups excluding carboxylic acids is 1. The number of aromatic nitrogens is 2. The largest absolute Gasteiger partial charge is 0.506 e. The number of nitrogens with one attached hydrogen (secondary N) is 1. The third-order valence-corrected chi connectivity index (χ3v) is 3.84. The van der Waals surface area contributed by atoms with E-state index in [1.54, 1.807) is 0 Å². The van der Waals surface area contributed by atoms with E-state index in [0.29, 0.717) is 0 Å². The highest BCUT2D eigenvalue weighted by Crippen LogP contribution is 2.35. The molecule has 2 N–H and O–H groups in total. The number of halogens is 2. The standard InChI is InChI=1S/C18H14F2N2O5/c1-3-27-18(25)13-15(23)8-7-10(20)14(21-16(8)22-17(13)24)12-9(19)5-4-6-11(12)26-2/h4-7H,3H2,1-2H3,(H2,21,22,23,24). The zero-order chi connectivity index (χ0) is 19.7. The molecule has 0 aliphatic carbocycles.